The SMILES string of the molecule is CCc1cccc(-c2ncccc2-c2ccccc2)c1F. The van der Waals surface area contributed by atoms with Crippen LogP contribution in [-0.2, 0) is 6.42 Å². The van der Waals surface area contributed by atoms with Gasteiger partial charge in [-0.05, 0) is 29.7 Å². The van der Waals surface area contributed by atoms with E-state index in [1.807, 2.05) is 61.5 Å². The van der Waals surface area contributed by atoms with Gasteiger partial charge in [0, 0.05) is 17.3 Å². The summed E-state index contributed by atoms with van der Waals surface area (Å²) < 4.78 is 14.6. The summed E-state index contributed by atoms with van der Waals surface area (Å²) in [5.41, 5.74) is 3.97. The van der Waals surface area contributed by atoms with E-state index in [2.05, 4.69) is 4.98 Å². The monoisotopic (exact) mass is 277 g/mol. The van der Waals surface area contributed by atoms with Crippen molar-refractivity contribution in [3.05, 3.63) is 78.2 Å². The molecule has 0 aliphatic rings. The van der Waals surface area contributed by atoms with Crippen LogP contribution in [0.5, 0.6) is 0 Å². The van der Waals surface area contributed by atoms with Crippen LogP contribution in [0.4, 0.5) is 4.39 Å². The molecule has 0 unspecified atom stereocenters. The number of aryl methyl sites for hydroxylation is 1. The van der Waals surface area contributed by atoms with Gasteiger partial charge in [-0.3, -0.25) is 4.98 Å². The van der Waals surface area contributed by atoms with E-state index in [9.17, 15) is 4.39 Å². The first-order valence-corrected chi connectivity index (χ1v) is 7.09. The van der Waals surface area contributed by atoms with E-state index < -0.39 is 0 Å². The lowest BCUT2D eigenvalue weighted by atomic mass is 9.97. The van der Waals surface area contributed by atoms with Crippen LogP contribution < -0.4 is 0 Å². The minimum atomic E-state index is -0.170. The Labute approximate surface area is 124 Å². The first-order chi connectivity index (χ1) is 10.3. The van der Waals surface area contributed by atoms with Gasteiger partial charge in [0.15, 0.2) is 0 Å². The fourth-order valence-electron chi connectivity index (χ4n) is 2.51. The molecular formula is C19H16FN. The second-order valence-electron chi connectivity index (χ2n) is 4.90. The van der Waals surface area contributed by atoms with Gasteiger partial charge in [-0.2, -0.15) is 0 Å². The minimum Gasteiger partial charge on any atom is -0.255 e. The van der Waals surface area contributed by atoms with Crippen molar-refractivity contribution in [3.63, 3.8) is 0 Å². The average molecular weight is 277 g/mol. The summed E-state index contributed by atoms with van der Waals surface area (Å²) in [6.45, 7) is 1.96. The van der Waals surface area contributed by atoms with Crippen molar-refractivity contribution in [1.29, 1.82) is 0 Å². The number of halogens is 1. The maximum atomic E-state index is 14.6. The third kappa shape index (κ3) is 2.57. The highest BCUT2D eigenvalue weighted by Gasteiger charge is 2.14. The molecule has 0 spiro atoms. The first-order valence-electron chi connectivity index (χ1n) is 7.09. The molecule has 0 amide bonds. The van der Waals surface area contributed by atoms with Crippen LogP contribution >= 0.6 is 0 Å². The highest BCUT2D eigenvalue weighted by Crippen LogP contribution is 2.32. The number of hydrogen-bond donors (Lipinski definition) is 0. The van der Waals surface area contributed by atoms with Crippen molar-refractivity contribution in [2.45, 2.75) is 13.3 Å². The molecule has 3 rings (SSSR count). The second kappa shape index (κ2) is 5.88. The lowest BCUT2D eigenvalue weighted by Crippen LogP contribution is -1.95. The number of rotatable bonds is 3. The molecule has 0 bridgehead atoms. The van der Waals surface area contributed by atoms with Gasteiger partial charge in [0.2, 0.25) is 0 Å². The van der Waals surface area contributed by atoms with E-state index in [0.29, 0.717) is 17.7 Å². The summed E-state index contributed by atoms with van der Waals surface area (Å²) >= 11 is 0. The van der Waals surface area contributed by atoms with Gasteiger partial charge in [-0.1, -0.05) is 55.5 Å². The topological polar surface area (TPSA) is 12.9 Å². The number of nitrogens with zero attached hydrogens (tertiary/aromatic N) is 1. The minimum absolute atomic E-state index is 0.170. The largest absolute Gasteiger partial charge is 0.255 e. The molecule has 21 heavy (non-hydrogen) atoms. The Balaban J connectivity index is 2.21. The number of hydrogen-bond acceptors (Lipinski definition) is 1. The Morgan fingerprint density at radius 2 is 1.62 bits per heavy atom. The summed E-state index contributed by atoms with van der Waals surface area (Å²) in [7, 11) is 0. The van der Waals surface area contributed by atoms with Crippen LogP contribution in [-0.4, -0.2) is 4.98 Å². The molecule has 0 radical (unpaired) electrons. The van der Waals surface area contributed by atoms with Gasteiger partial charge in [0.05, 0.1) is 5.69 Å². The molecule has 3 aromatic rings. The zero-order valence-corrected chi connectivity index (χ0v) is 11.9. The lowest BCUT2D eigenvalue weighted by Gasteiger charge is -2.11. The predicted octanol–water partition coefficient (Wildman–Crippen LogP) is 5.12. The Hall–Kier alpha value is -2.48. The average Bonchev–Trinajstić information content (AvgIpc) is 2.56. The van der Waals surface area contributed by atoms with Crippen LogP contribution in [0, 0.1) is 5.82 Å². The molecular weight excluding hydrogens is 261 g/mol. The van der Waals surface area contributed by atoms with Crippen LogP contribution in [0.2, 0.25) is 0 Å². The smallest absolute Gasteiger partial charge is 0.135 e. The van der Waals surface area contributed by atoms with Crippen molar-refractivity contribution >= 4 is 0 Å². The molecule has 0 saturated carbocycles. The van der Waals surface area contributed by atoms with Crippen LogP contribution in [0.15, 0.2) is 66.9 Å². The number of pyridine rings is 1. The fourth-order valence-corrected chi connectivity index (χ4v) is 2.51. The van der Waals surface area contributed by atoms with E-state index >= 15 is 0 Å². The Morgan fingerprint density at radius 3 is 2.38 bits per heavy atom. The highest BCUT2D eigenvalue weighted by molar-refractivity contribution is 5.81. The van der Waals surface area contributed by atoms with Gasteiger partial charge in [0.1, 0.15) is 5.82 Å². The van der Waals surface area contributed by atoms with Gasteiger partial charge in [0.25, 0.3) is 0 Å². The van der Waals surface area contributed by atoms with Crippen molar-refractivity contribution < 1.29 is 4.39 Å². The standard InChI is InChI=1S/C19H16FN/c1-2-14-10-6-11-17(18(14)20)19-16(12-7-13-21-19)15-8-4-3-5-9-15/h3-13H,2H2,1H3. The molecule has 104 valence electrons. The lowest BCUT2D eigenvalue weighted by molar-refractivity contribution is 0.615. The molecule has 0 atom stereocenters. The summed E-state index contributed by atoms with van der Waals surface area (Å²) in [4.78, 5) is 4.42. The Kier molecular flexibility index (Phi) is 3.78. The van der Waals surface area contributed by atoms with E-state index in [-0.39, 0.29) is 5.82 Å². The molecule has 2 aromatic carbocycles. The van der Waals surface area contributed by atoms with E-state index in [4.69, 9.17) is 0 Å². The quantitative estimate of drug-likeness (QED) is 0.647. The third-order valence-electron chi connectivity index (χ3n) is 3.61. The van der Waals surface area contributed by atoms with Crippen molar-refractivity contribution in [2.75, 3.05) is 0 Å². The molecule has 2 heteroatoms. The van der Waals surface area contributed by atoms with E-state index in [1.165, 1.54) is 0 Å². The van der Waals surface area contributed by atoms with E-state index in [0.717, 1.165) is 16.7 Å². The Morgan fingerprint density at radius 1 is 0.857 bits per heavy atom. The van der Waals surface area contributed by atoms with Gasteiger partial charge in [-0.15, -0.1) is 0 Å². The van der Waals surface area contributed by atoms with Crippen molar-refractivity contribution in [2.24, 2.45) is 0 Å². The zero-order valence-electron chi connectivity index (χ0n) is 11.9. The Bertz CT molecular complexity index is 751. The summed E-state index contributed by atoms with van der Waals surface area (Å²) in [6, 6.07) is 19.3. The van der Waals surface area contributed by atoms with Crippen LogP contribution in [0.25, 0.3) is 22.4 Å². The normalized spacial score (nSPS) is 10.6. The molecule has 0 aliphatic heterocycles. The molecule has 1 aromatic heterocycles. The van der Waals surface area contributed by atoms with Gasteiger partial charge >= 0.3 is 0 Å². The summed E-state index contributed by atoms with van der Waals surface area (Å²) in [6.07, 6.45) is 2.38. The first kappa shape index (κ1) is 13.5. The van der Waals surface area contributed by atoms with Crippen LogP contribution in [0.1, 0.15) is 12.5 Å². The molecule has 0 saturated heterocycles. The molecule has 1 nitrogen and oxygen atoms in total. The maximum absolute atomic E-state index is 14.6. The van der Waals surface area contributed by atoms with E-state index in [1.54, 1.807) is 12.3 Å². The van der Waals surface area contributed by atoms with Gasteiger partial charge in [-0.25, -0.2) is 4.39 Å². The second-order valence-corrected chi connectivity index (χ2v) is 4.90. The summed E-state index contributed by atoms with van der Waals surface area (Å²) in [5, 5.41) is 0. The van der Waals surface area contributed by atoms with Crippen molar-refractivity contribution in [1.82, 2.24) is 4.98 Å². The third-order valence-corrected chi connectivity index (χ3v) is 3.61. The number of aromatic nitrogens is 1. The molecule has 1 heterocycles. The molecule has 0 fully saturated rings. The fraction of sp³-hybridized carbons (Fsp3) is 0.105. The van der Waals surface area contributed by atoms with Crippen LogP contribution in [0.3, 0.4) is 0 Å². The maximum Gasteiger partial charge on any atom is 0.135 e. The van der Waals surface area contributed by atoms with Gasteiger partial charge < -0.3 is 0 Å². The van der Waals surface area contributed by atoms with Crippen molar-refractivity contribution in [3.8, 4) is 22.4 Å². The number of benzene rings is 2. The molecule has 0 N–H and O–H groups in total. The highest BCUT2D eigenvalue weighted by atomic mass is 19.1. The summed E-state index contributed by atoms with van der Waals surface area (Å²) in [5.74, 6) is -0.170. The zero-order chi connectivity index (χ0) is 14.7. The predicted molar refractivity (Wildman–Crippen MR) is 84.4 cm³/mol. The molecule has 0 aliphatic carbocycles.